The Hall–Kier alpha value is -2.51. The van der Waals surface area contributed by atoms with E-state index in [1.807, 2.05) is 29.8 Å². The Bertz CT molecular complexity index is 1080. The molecular weight excluding hydrogens is 430 g/mol. The molecule has 0 aliphatic carbocycles. The molecule has 31 heavy (non-hydrogen) atoms. The first-order valence-electron chi connectivity index (χ1n) is 10.5. The summed E-state index contributed by atoms with van der Waals surface area (Å²) in [6.45, 7) is 6.15. The van der Waals surface area contributed by atoms with Crippen LogP contribution < -0.4 is 10.7 Å². The minimum atomic E-state index is -0.419. The molecule has 0 radical (unpaired) electrons. The molecule has 2 atom stereocenters. The number of fused-ring (bicyclic) bond motifs is 1. The van der Waals surface area contributed by atoms with Gasteiger partial charge in [-0.25, -0.2) is 4.68 Å². The smallest absolute Gasteiger partial charge is 0.240 e. The second-order valence-electron chi connectivity index (χ2n) is 7.63. The molecule has 0 saturated heterocycles. The van der Waals surface area contributed by atoms with Gasteiger partial charge in [-0.15, -0.1) is 10.2 Å². The van der Waals surface area contributed by atoms with Crippen LogP contribution in [-0.4, -0.2) is 26.0 Å². The summed E-state index contributed by atoms with van der Waals surface area (Å²) in [5, 5.41) is 12.6. The molecule has 1 aromatic heterocycles. The van der Waals surface area contributed by atoms with E-state index >= 15 is 0 Å². The molecule has 0 spiro atoms. The van der Waals surface area contributed by atoms with Gasteiger partial charge in [-0.3, -0.25) is 4.79 Å². The standard InChI is InChI=1S/C23H26ClN5OS/c1-4-7-19-26-27-23-29(19)28-20(16-12-10-15(5-2)11-13-16)21(31-23)22(30)25-18-9-6-8-17(24)14(18)3/h6,8-13,20-21,28H,4-5,7H2,1-3H3,(H,25,30)/t20-,21+/m1/s1. The number of hydrogen-bond donors (Lipinski definition) is 2. The lowest BCUT2D eigenvalue weighted by molar-refractivity contribution is -0.116. The third-order valence-electron chi connectivity index (χ3n) is 5.51. The Kier molecular flexibility index (Phi) is 6.53. The second-order valence-corrected chi connectivity index (χ2v) is 9.14. The minimum Gasteiger partial charge on any atom is -0.325 e. The van der Waals surface area contributed by atoms with Gasteiger partial charge in [-0.05, 0) is 48.6 Å². The summed E-state index contributed by atoms with van der Waals surface area (Å²) in [5.41, 5.74) is 7.39. The number of amides is 1. The number of nitrogens with zero attached hydrogens (tertiary/aromatic N) is 3. The van der Waals surface area contributed by atoms with Crippen LogP contribution in [0.4, 0.5) is 5.69 Å². The van der Waals surface area contributed by atoms with E-state index in [-0.39, 0.29) is 11.9 Å². The molecule has 2 heterocycles. The van der Waals surface area contributed by atoms with Gasteiger partial charge in [0.25, 0.3) is 0 Å². The van der Waals surface area contributed by atoms with Crippen LogP contribution in [0.5, 0.6) is 0 Å². The maximum atomic E-state index is 13.4. The van der Waals surface area contributed by atoms with E-state index < -0.39 is 5.25 Å². The highest BCUT2D eigenvalue weighted by molar-refractivity contribution is 8.00. The van der Waals surface area contributed by atoms with Gasteiger partial charge in [-0.1, -0.05) is 67.5 Å². The Morgan fingerprint density at radius 2 is 1.97 bits per heavy atom. The molecule has 8 heteroatoms. The predicted molar refractivity (Wildman–Crippen MR) is 126 cm³/mol. The van der Waals surface area contributed by atoms with Crippen LogP contribution in [0.2, 0.25) is 5.02 Å². The van der Waals surface area contributed by atoms with Crippen molar-refractivity contribution in [3.05, 3.63) is 70.0 Å². The van der Waals surface area contributed by atoms with Crippen LogP contribution in [-0.2, 0) is 17.6 Å². The van der Waals surface area contributed by atoms with Crippen molar-refractivity contribution < 1.29 is 4.79 Å². The van der Waals surface area contributed by atoms with E-state index in [4.69, 9.17) is 11.6 Å². The number of hydrogen-bond acceptors (Lipinski definition) is 5. The van der Waals surface area contributed by atoms with Crippen molar-refractivity contribution in [2.45, 2.75) is 56.5 Å². The van der Waals surface area contributed by atoms with E-state index in [0.717, 1.165) is 41.9 Å². The minimum absolute atomic E-state index is 0.0984. The maximum Gasteiger partial charge on any atom is 0.240 e. The molecule has 0 bridgehead atoms. The first kappa shape index (κ1) is 21.7. The second kappa shape index (κ2) is 9.32. The summed E-state index contributed by atoms with van der Waals surface area (Å²) in [6, 6.07) is 13.7. The molecule has 6 nitrogen and oxygen atoms in total. The molecule has 4 rings (SSSR count). The summed E-state index contributed by atoms with van der Waals surface area (Å²) in [5.74, 6) is 0.781. The third kappa shape index (κ3) is 4.43. The number of halogens is 1. The highest BCUT2D eigenvalue weighted by Gasteiger charge is 2.37. The Morgan fingerprint density at radius 1 is 1.19 bits per heavy atom. The molecular formula is C23H26ClN5OS. The third-order valence-corrected chi connectivity index (χ3v) is 7.13. The van der Waals surface area contributed by atoms with E-state index in [2.05, 4.69) is 59.1 Å². The zero-order chi connectivity index (χ0) is 22.0. The lowest BCUT2D eigenvalue weighted by Gasteiger charge is -2.33. The van der Waals surface area contributed by atoms with Crippen LogP contribution in [0.25, 0.3) is 0 Å². The van der Waals surface area contributed by atoms with Crippen LogP contribution in [0.3, 0.4) is 0 Å². The zero-order valence-electron chi connectivity index (χ0n) is 17.9. The van der Waals surface area contributed by atoms with Gasteiger partial charge < -0.3 is 10.7 Å². The molecule has 162 valence electrons. The largest absolute Gasteiger partial charge is 0.325 e. The van der Waals surface area contributed by atoms with Crippen molar-refractivity contribution in [1.29, 1.82) is 0 Å². The first-order chi connectivity index (χ1) is 15.0. The first-order valence-corrected chi connectivity index (χ1v) is 11.8. The number of carbonyl (C=O) groups is 1. The van der Waals surface area contributed by atoms with Gasteiger partial charge in [0.15, 0.2) is 5.82 Å². The lowest BCUT2D eigenvalue weighted by atomic mass is 10.0. The normalized spacial score (nSPS) is 17.7. The molecule has 0 saturated carbocycles. The maximum absolute atomic E-state index is 13.4. The van der Waals surface area contributed by atoms with Gasteiger partial charge in [0.2, 0.25) is 11.1 Å². The Balaban J connectivity index is 1.68. The topological polar surface area (TPSA) is 71.8 Å². The number of rotatable bonds is 6. The summed E-state index contributed by atoms with van der Waals surface area (Å²) in [4.78, 5) is 13.4. The summed E-state index contributed by atoms with van der Waals surface area (Å²) < 4.78 is 1.93. The number of carbonyl (C=O) groups excluding carboxylic acids is 1. The monoisotopic (exact) mass is 455 g/mol. The molecule has 1 amide bonds. The summed E-state index contributed by atoms with van der Waals surface area (Å²) in [7, 11) is 0. The van der Waals surface area contributed by atoms with E-state index in [9.17, 15) is 4.79 Å². The van der Waals surface area contributed by atoms with Gasteiger partial charge >= 0.3 is 0 Å². The SMILES string of the molecule is CCCc1nnc2n1N[C@H](c1ccc(CC)cc1)[C@@H](C(=O)Nc1cccc(Cl)c1C)S2. The summed E-state index contributed by atoms with van der Waals surface area (Å²) >= 11 is 7.68. The fourth-order valence-electron chi connectivity index (χ4n) is 3.64. The van der Waals surface area contributed by atoms with Crippen LogP contribution >= 0.6 is 23.4 Å². The molecule has 2 aromatic carbocycles. The van der Waals surface area contributed by atoms with Gasteiger partial charge in [0.1, 0.15) is 5.25 Å². The number of benzene rings is 2. The molecule has 2 N–H and O–H groups in total. The average Bonchev–Trinajstić information content (AvgIpc) is 3.18. The van der Waals surface area contributed by atoms with Crippen molar-refractivity contribution >= 4 is 35.0 Å². The van der Waals surface area contributed by atoms with E-state index in [1.54, 1.807) is 0 Å². The lowest BCUT2D eigenvalue weighted by Crippen LogP contribution is -2.41. The van der Waals surface area contributed by atoms with Crippen molar-refractivity contribution in [1.82, 2.24) is 14.9 Å². The number of aromatic nitrogens is 3. The number of aryl methyl sites for hydroxylation is 2. The Labute approximate surface area is 191 Å². The number of thioether (sulfide) groups is 1. The van der Waals surface area contributed by atoms with Crippen LogP contribution in [0.1, 0.15) is 48.8 Å². The van der Waals surface area contributed by atoms with Crippen molar-refractivity contribution in [2.75, 3.05) is 10.7 Å². The van der Waals surface area contributed by atoms with Crippen molar-refractivity contribution in [3.8, 4) is 0 Å². The fraction of sp³-hybridized carbons (Fsp3) is 0.348. The highest BCUT2D eigenvalue weighted by Crippen LogP contribution is 2.38. The van der Waals surface area contributed by atoms with Crippen LogP contribution in [0.15, 0.2) is 47.6 Å². The highest BCUT2D eigenvalue weighted by atomic mass is 35.5. The van der Waals surface area contributed by atoms with Crippen LogP contribution in [0, 0.1) is 6.92 Å². The molecule has 1 aliphatic heterocycles. The van der Waals surface area contributed by atoms with E-state index in [0.29, 0.717) is 10.2 Å². The summed E-state index contributed by atoms with van der Waals surface area (Å²) in [6.07, 6.45) is 2.76. The van der Waals surface area contributed by atoms with Crippen molar-refractivity contribution in [2.24, 2.45) is 0 Å². The van der Waals surface area contributed by atoms with Gasteiger partial charge in [0, 0.05) is 17.1 Å². The van der Waals surface area contributed by atoms with Crippen molar-refractivity contribution in [3.63, 3.8) is 0 Å². The number of anilines is 1. The zero-order valence-corrected chi connectivity index (χ0v) is 19.4. The fourth-order valence-corrected chi connectivity index (χ4v) is 4.91. The predicted octanol–water partition coefficient (Wildman–Crippen LogP) is 5.15. The number of nitrogens with one attached hydrogen (secondary N) is 2. The van der Waals surface area contributed by atoms with Gasteiger partial charge in [-0.2, -0.15) is 0 Å². The average molecular weight is 456 g/mol. The molecule has 0 fully saturated rings. The molecule has 1 aliphatic rings. The molecule has 0 unspecified atom stereocenters. The Morgan fingerprint density at radius 3 is 2.68 bits per heavy atom. The quantitative estimate of drug-likeness (QED) is 0.537. The van der Waals surface area contributed by atoms with E-state index in [1.165, 1.54) is 17.3 Å². The molecule has 3 aromatic rings. The van der Waals surface area contributed by atoms with Gasteiger partial charge in [0.05, 0.1) is 6.04 Å².